The zero-order chi connectivity index (χ0) is 17.4. The molecule has 1 saturated heterocycles. The molecule has 1 aliphatic rings. The average Bonchev–Trinajstić information content (AvgIpc) is 2.61. The lowest BCUT2D eigenvalue weighted by Gasteiger charge is -2.32. The molecule has 1 fully saturated rings. The van der Waals surface area contributed by atoms with Crippen molar-refractivity contribution in [3.05, 3.63) is 35.9 Å². The number of hydrogen-bond donors (Lipinski definition) is 1. The standard InChI is InChI=1S/C18H26N2O4/c1-19-10-12-20(13-11-19)17(22)8-5-9-18(23,15-21)24-14-16-6-3-2-4-7-16/h2-4,6-7,15,23H,5,8-14H2,1H3. The number of carbonyl (C=O) groups is 2. The number of ether oxygens (including phenoxy) is 1. The van der Waals surface area contributed by atoms with Crippen molar-refractivity contribution in [2.75, 3.05) is 33.2 Å². The average molecular weight is 334 g/mol. The fourth-order valence-corrected chi connectivity index (χ4v) is 2.65. The van der Waals surface area contributed by atoms with Crippen LogP contribution in [0, 0.1) is 0 Å². The first-order valence-corrected chi connectivity index (χ1v) is 8.35. The number of aldehydes is 1. The predicted molar refractivity (Wildman–Crippen MR) is 90.2 cm³/mol. The Labute approximate surface area is 143 Å². The van der Waals surface area contributed by atoms with Crippen molar-refractivity contribution < 1.29 is 19.4 Å². The SMILES string of the molecule is CN1CCN(C(=O)CCCC(O)(C=O)OCc2ccccc2)CC1. The van der Waals surface area contributed by atoms with E-state index in [-0.39, 0.29) is 18.9 Å². The second-order valence-corrected chi connectivity index (χ2v) is 6.27. The molecule has 6 heteroatoms. The van der Waals surface area contributed by atoms with Gasteiger partial charge in [0.25, 0.3) is 0 Å². The van der Waals surface area contributed by atoms with Gasteiger partial charge in [0, 0.05) is 39.0 Å². The van der Waals surface area contributed by atoms with Crippen LogP contribution in [0.3, 0.4) is 0 Å². The Bertz CT molecular complexity index is 529. The van der Waals surface area contributed by atoms with Gasteiger partial charge >= 0.3 is 0 Å². The van der Waals surface area contributed by atoms with E-state index in [9.17, 15) is 14.7 Å². The van der Waals surface area contributed by atoms with Gasteiger partial charge in [0.05, 0.1) is 6.61 Å². The Morgan fingerprint density at radius 2 is 1.92 bits per heavy atom. The molecule has 6 nitrogen and oxygen atoms in total. The largest absolute Gasteiger partial charge is 0.360 e. The molecular formula is C18H26N2O4. The highest BCUT2D eigenvalue weighted by Gasteiger charge is 2.28. The summed E-state index contributed by atoms with van der Waals surface area (Å²) in [5.74, 6) is -1.77. The smallest absolute Gasteiger partial charge is 0.223 e. The topological polar surface area (TPSA) is 70.1 Å². The summed E-state index contributed by atoms with van der Waals surface area (Å²) in [6.07, 6.45) is 1.25. The number of hydrogen-bond acceptors (Lipinski definition) is 5. The van der Waals surface area contributed by atoms with Crippen LogP contribution in [0.1, 0.15) is 24.8 Å². The molecular weight excluding hydrogens is 308 g/mol. The highest BCUT2D eigenvalue weighted by atomic mass is 16.6. The number of nitrogens with zero attached hydrogens (tertiary/aromatic N) is 2. The maximum atomic E-state index is 12.2. The minimum atomic E-state index is -1.84. The van der Waals surface area contributed by atoms with E-state index in [0.717, 1.165) is 31.7 Å². The summed E-state index contributed by atoms with van der Waals surface area (Å²) < 4.78 is 5.36. The molecule has 0 radical (unpaired) electrons. The summed E-state index contributed by atoms with van der Waals surface area (Å²) in [5, 5.41) is 10.2. The summed E-state index contributed by atoms with van der Waals surface area (Å²) in [4.78, 5) is 27.4. The maximum Gasteiger partial charge on any atom is 0.223 e. The lowest BCUT2D eigenvalue weighted by molar-refractivity contribution is -0.202. The van der Waals surface area contributed by atoms with Crippen LogP contribution in [0.2, 0.25) is 0 Å². The summed E-state index contributed by atoms with van der Waals surface area (Å²) in [6, 6.07) is 9.35. The summed E-state index contributed by atoms with van der Waals surface area (Å²) >= 11 is 0. The molecule has 1 aromatic rings. The van der Waals surface area contributed by atoms with Gasteiger partial charge in [0.15, 0.2) is 6.29 Å². The Kier molecular flexibility index (Phi) is 6.90. The van der Waals surface area contributed by atoms with E-state index < -0.39 is 5.79 Å². The number of benzene rings is 1. The fraction of sp³-hybridized carbons (Fsp3) is 0.556. The van der Waals surface area contributed by atoms with E-state index in [4.69, 9.17) is 4.74 Å². The monoisotopic (exact) mass is 334 g/mol. The summed E-state index contributed by atoms with van der Waals surface area (Å²) in [7, 11) is 2.04. The van der Waals surface area contributed by atoms with Crippen molar-refractivity contribution in [1.82, 2.24) is 9.80 Å². The number of likely N-dealkylation sites (N-methyl/N-ethyl adjacent to an activating group) is 1. The van der Waals surface area contributed by atoms with Gasteiger partial charge in [-0.2, -0.15) is 0 Å². The molecule has 1 aromatic carbocycles. The Morgan fingerprint density at radius 1 is 1.25 bits per heavy atom. The Balaban J connectivity index is 1.73. The van der Waals surface area contributed by atoms with Crippen LogP contribution < -0.4 is 0 Å². The summed E-state index contributed by atoms with van der Waals surface area (Å²) in [5.41, 5.74) is 0.881. The molecule has 1 N–H and O–H groups in total. The molecule has 1 heterocycles. The lowest BCUT2D eigenvalue weighted by atomic mass is 10.1. The highest BCUT2D eigenvalue weighted by Crippen LogP contribution is 2.17. The molecule has 1 atom stereocenters. The highest BCUT2D eigenvalue weighted by molar-refractivity contribution is 5.76. The minimum absolute atomic E-state index is 0.0689. The molecule has 0 spiro atoms. The zero-order valence-electron chi connectivity index (χ0n) is 14.2. The van der Waals surface area contributed by atoms with E-state index in [0.29, 0.717) is 19.1 Å². The van der Waals surface area contributed by atoms with Gasteiger partial charge in [-0.15, -0.1) is 0 Å². The maximum absolute atomic E-state index is 12.2. The molecule has 1 aliphatic heterocycles. The van der Waals surface area contributed by atoms with Crippen LogP contribution in [-0.4, -0.2) is 66.1 Å². The predicted octanol–water partition coefficient (Wildman–Crippen LogP) is 1.03. The van der Waals surface area contributed by atoms with Gasteiger partial charge in [-0.05, 0) is 19.0 Å². The molecule has 1 unspecified atom stereocenters. The van der Waals surface area contributed by atoms with Crippen LogP contribution in [0.4, 0.5) is 0 Å². The molecule has 24 heavy (non-hydrogen) atoms. The first-order chi connectivity index (χ1) is 11.5. The minimum Gasteiger partial charge on any atom is -0.360 e. The van der Waals surface area contributed by atoms with Gasteiger partial charge in [-0.3, -0.25) is 9.59 Å². The molecule has 1 amide bonds. The van der Waals surface area contributed by atoms with Crippen molar-refractivity contribution in [3.63, 3.8) is 0 Å². The van der Waals surface area contributed by atoms with E-state index >= 15 is 0 Å². The summed E-state index contributed by atoms with van der Waals surface area (Å²) in [6.45, 7) is 3.38. The molecule has 132 valence electrons. The number of amides is 1. The molecule has 0 saturated carbocycles. The van der Waals surface area contributed by atoms with Crippen molar-refractivity contribution >= 4 is 12.2 Å². The van der Waals surface area contributed by atoms with Crippen LogP contribution >= 0.6 is 0 Å². The zero-order valence-corrected chi connectivity index (χ0v) is 14.2. The second kappa shape index (κ2) is 8.92. The van der Waals surface area contributed by atoms with E-state index in [2.05, 4.69) is 4.90 Å². The van der Waals surface area contributed by atoms with Gasteiger partial charge < -0.3 is 19.6 Å². The third-order valence-corrected chi connectivity index (χ3v) is 4.30. The van der Waals surface area contributed by atoms with Gasteiger partial charge in [-0.1, -0.05) is 30.3 Å². The normalized spacial score (nSPS) is 18.2. The van der Waals surface area contributed by atoms with E-state index in [1.807, 2.05) is 42.3 Å². The van der Waals surface area contributed by atoms with Crippen LogP contribution in [-0.2, 0) is 20.9 Å². The first kappa shape index (κ1) is 18.6. The van der Waals surface area contributed by atoms with Gasteiger partial charge in [-0.25, -0.2) is 0 Å². The van der Waals surface area contributed by atoms with Crippen LogP contribution in [0.15, 0.2) is 30.3 Å². The molecule has 2 rings (SSSR count). The third kappa shape index (κ3) is 5.70. The quantitative estimate of drug-likeness (QED) is 0.568. The van der Waals surface area contributed by atoms with Crippen molar-refractivity contribution in [2.45, 2.75) is 31.7 Å². The molecule has 0 bridgehead atoms. The molecule has 0 aromatic heterocycles. The van der Waals surface area contributed by atoms with Crippen LogP contribution in [0.25, 0.3) is 0 Å². The number of rotatable bonds is 8. The fourth-order valence-electron chi connectivity index (χ4n) is 2.65. The first-order valence-electron chi connectivity index (χ1n) is 8.35. The number of piperazine rings is 1. The van der Waals surface area contributed by atoms with Crippen molar-refractivity contribution in [2.24, 2.45) is 0 Å². The third-order valence-electron chi connectivity index (χ3n) is 4.30. The van der Waals surface area contributed by atoms with Crippen molar-refractivity contribution in [3.8, 4) is 0 Å². The second-order valence-electron chi connectivity index (χ2n) is 6.27. The van der Waals surface area contributed by atoms with E-state index in [1.54, 1.807) is 0 Å². The lowest BCUT2D eigenvalue weighted by Crippen LogP contribution is -2.47. The van der Waals surface area contributed by atoms with Gasteiger partial charge in [0.1, 0.15) is 0 Å². The van der Waals surface area contributed by atoms with Crippen LogP contribution in [0.5, 0.6) is 0 Å². The molecule has 0 aliphatic carbocycles. The van der Waals surface area contributed by atoms with Gasteiger partial charge in [0.2, 0.25) is 11.7 Å². The van der Waals surface area contributed by atoms with E-state index in [1.165, 1.54) is 0 Å². The van der Waals surface area contributed by atoms with Crippen molar-refractivity contribution in [1.29, 1.82) is 0 Å². The Hall–Kier alpha value is -1.76. The Morgan fingerprint density at radius 3 is 2.54 bits per heavy atom. The number of carbonyl (C=O) groups excluding carboxylic acids is 2. The number of aliphatic hydroxyl groups is 1.